The predicted molar refractivity (Wildman–Crippen MR) is 85.9 cm³/mol. The first kappa shape index (κ1) is 16.3. The summed E-state index contributed by atoms with van der Waals surface area (Å²) >= 11 is 0. The maximum Gasteiger partial charge on any atom is 0.242 e. The molecule has 1 aromatic carbocycles. The van der Waals surface area contributed by atoms with Crippen molar-refractivity contribution < 1.29 is 8.42 Å². The molecule has 0 saturated carbocycles. The molecule has 1 aromatic rings. The van der Waals surface area contributed by atoms with Crippen LogP contribution >= 0.6 is 0 Å². The average Bonchev–Trinajstić information content (AvgIpc) is 2.47. The van der Waals surface area contributed by atoms with Crippen molar-refractivity contribution in [3.05, 3.63) is 24.3 Å². The Hall–Kier alpha value is -1.11. The minimum atomic E-state index is -3.35. The number of nitrogens with zero attached hydrogens (tertiary/aromatic N) is 2. The molecule has 0 spiro atoms. The van der Waals surface area contributed by atoms with Gasteiger partial charge >= 0.3 is 0 Å². The Kier molecular flexibility index (Phi) is 4.91. The van der Waals surface area contributed by atoms with E-state index in [0.717, 1.165) is 31.6 Å². The summed E-state index contributed by atoms with van der Waals surface area (Å²) in [6.45, 7) is 4.04. The third kappa shape index (κ3) is 3.39. The van der Waals surface area contributed by atoms with Crippen molar-refractivity contribution in [3.63, 3.8) is 0 Å². The summed E-state index contributed by atoms with van der Waals surface area (Å²) in [6.07, 6.45) is 2.06. The lowest BCUT2D eigenvalue weighted by atomic mass is 9.90. The van der Waals surface area contributed by atoms with Gasteiger partial charge in [-0.05, 0) is 36.6 Å². The van der Waals surface area contributed by atoms with E-state index in [-0.39, 0.29) is 6.04 Å². The lowest BCUT2D eigenvalue weighted by Gasteiger charge is -2.38. The van der Waals surface area contributed by atoms with E-state index in [4.69, 9.17) is 5.73 Å². The summed E-state index contributed by atoms with van der Waals surface area (Å²) in [5, 5.41) is 0. The van der Waals surface area contributed by atoms with Crippen LogP contribution < -0.4 is 10.6 Å². The molecule has 1 aliphatic rings. The van der Waals surface area contributed by atoms with Crippen LogP contribution in [0.2, 0.25) is 0 Å². The van der Waals surface area contributed by atoms with Gasteiger partial charge in [-0.15, -0.1) is 0 Å². The molecule has 118 valence electrons. The molecule has 0 bridgehead atoms. The Balaban J connectivity index is 2.16. The van der Waals surface area contributed by atoms with Gasteiger partial charge in [0.1, 0.15) is 0 Å². The van der Waals surface area contributed by atoms with Crippen LogP contribution in [-0.4, -0.2) is 45.9 Å². The third-order valence-corrected chi connectivity index (χ3v) is 6.13. The van der Waals surface area contributed by atoms with Crippen LogP contribution in [0.15, 0.2) is 29.2 Å². The number of hydrogen-bond donors (Lipinski definition) is 1. The number of piperidine rings is 1. The first-order valence-corrected chi connectivity index (χ1v) is 8.83. The highest BCUT2D eigenvalue weighted by Gasteiger charge is 2.25. The highest BCUT2D eigenvalue weighted by molar-refractivity contribution is 7.89. The van der Waals surface area contributed by atoms with Gasteiger partial charge in [-0.2, -0.15) is 0 Å². The first-order valence-electron chi connectivity index (χ1n) is 7.39. The SMILES string of the molecule is CCC1CN(c2ccc(S(=O)(=O)N(C)C)cc2)CCC1N. The van der Waals surface area contributed by atoms with E-state index in [1.165, 1.54) is 4.31 Å². The van der Waals surface area contributed by atoms with E-state index < -0.39 is 10.0 Å². The summed E-state index contributed by atoms with van der Waals surface area (Å²) in [7, 11) is -0.268. The van der Waals surface area contributed by atoms with Crippen molar-refractivity contribution in [2.75, 3.05) is 32.1 Å². The molecule has 1 fully saturated rings. The smallest absolute Gasteiger partial charge is 0.242 e. The normalized spacial score (nSPS) is 23.6. The molecule has 5 nitrogen and oxygen atoms in total. The minimum Gasteiger partial charge on any atom is -0.371 e. The van der Waals surface area contributed by atoms with Crippen molar-refractivity contribution in [2.45, 2.75) is 30.7 Å². The molecular weight excluding hydrogens is 286 g/mol. The van der Waals surface area contributed by atoms with Crippen LogP contribution in [0.4, 0.5) is 5.69 Å². The van der Waals surface area contributed by atoms with Gasteiger partial charge in [0.15, 0.2) is 0 Å². The standard InChI is InChI=1S/C15H25N3O2S/c1-4-12-11-18(10-9-15(12)16)13-5-7-14(8-6-13)21(19,20)17(2)3/h5-8,12,15H,4,9-11,16H2,1-3H3. The number of rotatable bonds is 4. The zero-order valence-corrected chi connectivity index (χ0v) is 13.8. The second-order valence-electron chi connectivity index (χ2n) is 5.85. The fourth-order valence-corrected chi connectivity index (χ4v) is 3.66. The summed E-state index contributed by atoms with van der Waals surface area (Å²) in [5.41, 5.74) is 7.20. The second kappa shape index (κ2) is 6.34. The van der Waals surface area contributed by atoms with Crippen LogP contribution in [0.25, 0.3) is 0 Å². The highest BCUT2D eigenvalue weighted by Crippen LogP contribution is 2.25. The van der Waals surface area contributed by atoms with E-state index >= 15 is 0 Å². The maximum absolute atomic E-state index is 12.1. The van der Waals surface area contributed by atoms with Crippen LogP contribution in [0.5, 0.6) is 0 Å². The van der Waals surface area contributed by atoms with Gasteiger partial charge < -0.3 is 10.6 Å². The average molecular weight is 311 g/mol. The molecule has 1 heterocycles. The molecule has 2 atom stereocenters. The highest BCUT2D eigenvalue weighted by atomic mass is 32.2. The summed E-state index contributed by atoms with van der Waals surface area (Å²) in [5.74, 6) is 0.504. The second-order valence-corrected chi connectivity index (χ2v) is 8.00. The number of sulfonamides is 1. The van der Waals surface area contributed by atoms with Crippen LogP contribution in [0.1, 0.15) is 19.8 Å². The molecule has 1 saturated heterocycles. The van der Waals surface area contributed by atoms with E-state index in [0.29, 0.717) is 10.8 Å². The lowest BCUT2D eigenvalue weighted by Crippen LogP contribution is -2.46. The number of hydrogen-bond acceptors (Lipinski definition) is 4. The molecule has 2 N–H and O–H groups in total. The number of benzene rings is 1. The Morgan fingerprint density at radius 1 is 1.29 bits per heavy atom. The molecule has 6 heteroatoms. The predicted octanol–water partition coefficient (Wildman–Crippen LogP) is 1.50. The van der Waals surface area contributed by atoms with Crippen LogP contribution in [-0.2, 0) is 10.0 Å². The molecule has 0 amide bonds. The van der Waals surface area contributed by atoms with Gasteiger partial charge in [0.05, 0.1) is 4.90 Å². The third-order valence-electron chi connectivity index (χ3n) is 4.30. The zero-order valence-electron chi connectivity index (χ0n) is 13.0. The molecule has 0 aromatic heterocycles. The van der Waals surface area contributed by atoms with Crippen LogP contribution in [0.3, 0.4) is 0 Å². The van der Waals surface area contributed by atoms with Gasteiger partial charge in [-0.3, -0.25) is 0 Å². The molecule has 2 rings (SSSR count). The van der Waals surface area contributed by atoms with Gasteiger partial charge in [-0.1, -0.05) is 13.3 Å². The largest absolute Gasteiger partial charge is 0.371 e. The molecular formula is C15H25N3O2S. The Labute approximate surface area is 127 Å². The van der Waals surface area contributed by atoms with Crippen molar-refractivity contribution in [1.29, 1.82) is 0 Å². The zero-order chi connectivity index (χ0) is 15.6. The van der Waals surface area contributed by atoms with Gasteiger partial charge in [0.2, 0.25) is 10.0 Å². The fourth-order valence-electron chi connectivity index (χ4n) is 2.76. The Morgan fingerprint density at radius 3 is 2.43 bits per heavy atom. The first-order chi connectivity index (χ1) is 9.86. The van der Waals surface area contributed by atoms with E-state index in [1.54, 1.807) is 26.2 Å². The molecule has 2 unspecified atom stereocenters. The molecule has 0 aliphatic carbocycles. The number of anilines is 1. The van der Waals surface area contributed by atoms with E-state index in [2.05, 4.69) is 11.8 Å². The number of nitrogens with two attached hydrogens (primary N) is 1. The van der Waals surface area contributed by atoms with Crippen molar-refractivity contribution in [2.24, 2.45) is 11.7 Å². The van der Waals surface area contributed by atoms with Crippen molar-refractivity contribution >= 4 is 15.7 Å². The summed E-state index contributed by atoms with van der Waals surface area (Å²) in [6, 6.07) is 7.42. The Morgan fingerprint density at radius 2 is 1.90 bits per heavy atom. The minimum absolute atomic E-state index is 0.277. The summed E-state index contributed by atoms with van der Waals surface area (Å²) < 4.78 is 25.3. The van der Waals surface area contributed by atoms with Crippen LogP contribution in [0, 0.1) is 5.92 Å². The van der Waals surface area contributed by atoms with Crippen molar-refractivity contribution in [3.8, 4) is 0 Å². The lowest BCUT2D eigenvalue weighted by molar-refractivity contribution is 0.348. The monoisotopic (exact) mass is 311 g/mol. The fraction of sp³-hybridized carbons (Fsp3) is 0.600. The van der Waals surface area contributed by atoms with Crippen molar-refractivity contribution in [1.82, 2.24) is 4.31 Å². The maximum atomic E-state index is 12.1. The van der Waals surface area contributed by atoms with E-state index in [1.807, 2.05) is 12.1 Å². The molecule has 21 heavy (non-hydrogen) atoms. The Bertz CT molecular complexity index is 569. The molecule has 0 radical (unpaired) electrons. The molecule has 1 aliphatic heterocycles. The van der Waals surface area contributed by atoms with Gasteiger partial charge in [0.25, 0.3) is 0 Å². The van der Waals surface area contributed by atoms with Gasteiger partial charge in [0, 0.05) is 38.9 Å². The summed E-state index contributed by atoms with van der Waals surface area (Å²) in [4.78, 5) is 2.63. The quantitative estimate of drug-likeness (QED) is 0.915. The van der Waals surface area contributed by atoms with E-state index in [9.17, 15) is 8.42 Å². The topological polar surface area (TPSA) is 66.6 Å². The van der Waals surface area contributed by atoms with Gasteiger partial charge in [-0.25, -0.2) is 12.7 Å².